The summed E-state index contributed by atoms with van der Waals surface area (Å²) in [5.41, 5.74) is -0.00261. The number of nitro groups is 1. The SMILES string of the molecule is O=[N+]([O-])c1cc(S(=O)(=O)N2CCCCC2)ccc1NCc1nnc2n1CCC2. The van der Waals surface area contributed by atoms with Gasteiger partial charge in [0.2, 0.25) is 10.0 Å². The summed E-state index contributed by atoms with van der Waals surface area (Å²) < 4.78 is 29.0. The number of nitro benzene ring substituents is 1. The Labute approximate surface area is 162 Å². The number of fused-ring (bicyclic) bond motifs is 1. The Morgan fingerprint density at radius 3 is 2.64 bits per heavy atom. The highest BCUT2D eigenvalue weighted by molar-refractivity contribution is 7.89. The first-order valence-electron chi connectivity index (χ1n) is 9.40. The van der Waals surface area contributed by atoms with Crippen LogP contribution in [0.3, 0.4) is 0 Å². The van der Waals surface area contributed by atoms with E-state index in [-0.39, 0.29) is 22.8 Å². The molecule has 2 aromatic rings. The van der Waals surface area contributed by atoms with E-state index in [1.54, 1.807) is 0 Å². The predicted octanol–water partition coefficient (Wildman–Crippen LogP) is 1.92. The average Bonchev–Trinajstić information content (AvgIpc) is 3.31. The summed E-state index contributed by atoms with van der Waals surface area (Å²) in [4.78, 5) is 10.9. The van der Waals surface area contributed by atoms with Gasteiger partial charge in [0.1, 0.15) is 11.5 Å². The van der Waals surface area contributed by atoms with Gasteiger partial charge in [0.05, 0.1) is 16.4 Å². The Bertz CT molecular complexity index is 997. The largest absolute Gasteiger partial charge is 0.372 e. The molecular formula is C17H22N6O4S. The van der Waals surface area contributed by atoms with Gasteiger partial charge in [-0.05, 0) is 31.4 Å². The first-order valence-corrected chi connectivity index (χ1v) is 10.8. The molecule has 1 saturated heterocycles. The second-order valence-corrected chi connectivity index (χ2v) is 8.98. The molecule has 2 aliphatic rings. The Hall–Kier alpha value is -2.53. The fourth-order valence-corrected chi connectivity index (χ4v) is 5.28. The number of nitrogens with one attached hydrogen (secondary N) is 1. The normalized spacial score (nSPS) is 17.4. The molecule has 1 aromatic carbocycles. The van der Waals surface area contributed by atoms with Crippen LogP contribution in [0.4, 0.5) is 11.4 Å². The van der Waals surface area contributed by atoms with Crippen molar-refractivity contribution in [2.45, 2.75) is 50.1 Å². The van der Waals surface area contributed by atoms with Crippen molar-refractivity contribution in [2.24, 2.45) is 0 Å². The molecule has 0 atom stereocenters. The van der Waals surface area contributed by atoms with Crippen LogP contribution >= 0.6 is 0 Å². The molecule has 2 aliphatic heterocycles. The van der Waals surface area contributed by atoms with Gasteiger partial charge in [0.15, 0.2) is 5.82 Å². The maximum absolute atomic E-state index is 12.8. The summed E-state index contributed by atoms with van der Waals surface area (Å²) in [6.07, 6.45) is 4.52. The third-order valence-electron chi connectivity index (χ3n) is 5.24. The highest BCUT2D eigenvalue weighted by Gasteiger charge is 2.28. The summed E-state index contributed by atoms with van der Waals surface area (Å²) in [7, 11) is -3.73. The Morgan fingerprint density at radius 2 is 1.89 bits per heavy atom. The number of sulfonamides is 1. The van der Waals surface area contributed by atoms with E-state index >= 15 is 0 Å². The van der Waals surface area contributed by atoms with Crippen LogP contribution in [0.25, 0.3) is 0 Å². The zero-order valence-corrected chi connectivity index (χ0v) is 16.2. The zero-order chi connectivity index (χ0) is 19.7. The third kappa shape index (κ3) is 3.47. The summed E-state index contributed by atoms with van der Waals surface area (Å²) >= 11 is 0. The topological polar surface area (TPSA) is 123 Å². The van der Waals surface area contributed by atoms with Gasteiger partial charge in [-0.3, -0.25) is 10.1 Å². The van der Waals surface area contributed by atoms with Gasteiger partial charge in [-0.2, -0.15) is 4.31 Å². The van der Waals surface area contributed by atoms with Crippen LogP contribution in [-0.4, -0.2) is 45.5 Å². The van der Waals surface area contributed by atoms with Crippen LogP contribution in [-0.2, 0) is 29.5 Å². The van der Waals surface area contributed by atoms with Crippen LogP contribution in [0.15, 0.2) is 23.1 Å². The number of anilines is 1. The van der Waals surface area contributed by atoms with Crippen LogP contribution in [0, 0.1) is 10.1 Å². The van der Waals surface area contributed by atoms with Crippen molar-refractivity contribution in [2.75, 3.05) is 18.4 Å². The van der Waals surface area contributed by atoms with Crippen molar-refractivity contribution in [3.63, 3.8) is 0 Å². The van der Waals surface area contributed by atoms with E-state index in [2.05, 4.69) is 15.5 Å². The quantitative estimate of drug-likeness (QED) is 0.574. The minimum absolute atomic E-state index is 0.0463. The standard InChI is InChI=1S/C17H22N6O4S/c24-23(25)15-11-13(28(26,27)21-8-2-1-3-9-21)6-7-14(15)18-12-17-20-19-16-5-4-10-22(16)17/h6-7,11,18H,1-5,8-10,12H2. The molecule has 0 unspecified atom stereocenters. The number of piperidine rings is 1. The second kappa shape index (κ2) is 7.47. The Morgan fingerprint density at radius 1 is 1.11 bits per heavy atom. The lowest BCUT2D eigenvalue weighted by molar-refractivity contribution is -0.384. The van der Waals surface area contributed by atoms with Crippen molar-refractivity contribution in [1.29, 1.82) is 0 Å². The van der Waals surface area contributed by atoms with Crippen LogP contribution in [0.1, 0.15) is 37.3 Å². The molecule has 10 nitrogen and oxygen atoms in total. The lowest BCUT2D eigenvalue weighted by Crippen LogP contribution is -2.35. The van der Waals surface area contributed by atoms with Crippen LogP contribution in [0.5, 0.6) is 0 Å². The predicted molar refractivity (Wildman–Crippen MR) is 101 cm³/mol. The summed E-state index contributed by atoms with van der Waals surface area (Å²) in [5.74, 6) is 1.64. The molecule has 11 heteroatoms. The average molecular weight is 406 g/mol. The molecule has 3 heterocycles. The van der Waals surface area contributed by atoms with E-state index in [1.165, 1.54) is 16.4 Å². The van der Waals surface area contributed by atoms with Crippen molar-refractivity contribution in [3.05, 3.63) is 40.0 Å². The molecule has 150 valence electrons. The van der Waals surface area contributed by atoms with E-state index in [9.17, 15) is 18.5 Å². The van der Waals surface area contributed by atoms with Crippen LogP contribution in [0.2, 0.25) is 0 Å². The summed E-state index contributed by atoms with van der Waals surface area (Å²) in [6.45, 7) is 2.03. The maximum atomic E-state index is 12.8. The first-order chi connectivity index (χ1) is 13.5. The van der Waals surface area contributed by atoms with Crippen molar-refractivity contribution >= 4 is 21.4 Å². The number of rotatable bonds is 6. The van der Waals surface area contributed by atoms with Crippen LogP contribution < -0.4 is 5.32 Å². The van der Waals surface area contributed by atoms with Gasteiger partial charge in [0.25, 0.3) is 5.69 Å². The van der Waals surface area contributed by atoms with E-state index in [0.717, 1.165) is 50.5 Å². The fraction of sp³-hybridized carbons (Fsp3) is 0.529. The van der Waals surface area contributed by atoms with E-state index in [0.29, 0.717) is 18.9 Å². The number of hydrogen-bond acceptors (Lipinski definition) is 7. The number of benzene rings is 1. The minimum Gasteiger partial charge on any atom is -0.372 e. The molecular weight excluding hydrogens is 384 g/mol. The fourth-order valence-electron chi connectivity index (χ4n) is 3.74. The molecule has 1 fully saturated rings. The number of aromatic nitrogens is 3. The molecule has 0 spiro atoms. The third-order valence-corrected chi connectivity index (χ3v) is 7.14. The molecule has 1 aromatic heterocycles. The maximum Gasteiger partial charge on any atom is 0.293 e. The molecule has 0 radical (unpaired) electrons. The minimum atomic E-state index is -3.73. The Balaban J connectivity index is 1.57. The van der Waals surface area contributed by atoms with E-state index in [4.69, 9.17) is 0 Å². The van der Waals surface area contributed by atoms with Gasteiger partial charge in [-0.1, -0.05) is 6.42 Å². The van der Waals surface area contributed by atoms with Gasteiger partial charge in [0, 0.05) is 32.1 Å². The molecule has 0 amide bonds. The van der Waals surface area contributed by atoms with Gasteiger partial charge < -0.3 is 9.88 Å². The second-order valence-electron chi connectivity index (χ2n) is 7.04. The molecule has 0 aliphatic carbocycles. The monoisotopic (exact) mass is 406 g/mol. The lowest BCUT2D eigenvalue weighted by Gasteiger charge is -2.25. The molecule has 1 N–H and O–H groups in total. The van der Waals surface area contributed by atoms with Crippen molar-refractivity contribution < 1.29 is 13.3 Å². The number of nitrogens with zero attached hydrogens (tertiary/aromatic N) is 5. The first kappa shape index (κ1) is 18.8. The summed E-state index contributed by atoms with van der Waals surface area (Å²) in [5, 5.41) is 22.8. The van der Waals surface area contributed by atoms with Crippen molar-refractivity contribution in [1.82, 2.24) is 19.1 Å². The number of hydrogen-bond donors (Lipinski definition) is 1. The summed E-state index contributed by atoms with van der Waals surface area (Å²) in [6, 6.07) is 4.02. The smallest absolute Gasteiger partial charge is 0.293 e. The highest BCUT2D eigenvalue weighted by atomic mass is 32.2. The van der Waals surface area contributed by atoms with E-state index in [1.807, 2.05) is 4.57 Å². The van der Waals surface area contributed by atoms with Gasteiger partial charge in [-0.15, -0.1) is 10.2 Å². The van der Waals surface area contributed by atoms with Crippen molar-refractivity contribution in [3.8, 4) is 0 Å². The molecule has 28 heavy (non-hydrogen) atoms. The van der Waals surface area contributed by atoms with Gasteiger partial charge in [-0.25, -0.2) is 8.42 Å². The van der Waals surface area contributed by atoms with Gasteiger partial charge >= 0.3 is 0 Å². The highest BCUT2D eigenvalue weighted by Crippen LogP contribution is 2.30. The molecule has 0 bridgehead atoms. The molecule has 0 saturated carbocycles. The van der Waals surface area contributed by atoms with E-state index < -0.39 is 14.9 Å². The lowest BCUT2D eigenvalue weighted by atomic mass is 10.2. The Kier molecular flexibility index (Phi) is 5.02. The number of aryl methyl sites for hydroxylation is 1. The zero-order valence-electron chi connectivity index (χ0n) is 15.4. The molecule has 4 rings (SSSR count).